The molecule has 0 radical (unpaired) electrons. The minimum atomic E-state index is -0.797. The molecule has 1 rings (SSSR count). The maximum atomic E-state index is 10.4. The van der Waals surface area contributed by atoms with Gasteiger partial charge in [-0.15, -0.1) is 0 Å². The molecule has 3 nitrogen and oxygen atoms in total. The normalized spacial score (nSPS) is 11.6. The quantitative estimate of drug-likeness (QED) is 0.745. The molecule has 3 heteroatoms. The Hall–Kier alpha value is -1.77. The molecule has 0 atom stereocenters. The van der Waals surface area contributed by atoms with Crippen LogP contribution in [0.25, 0.3) is 12.7 Å². The van der Waals surface area contributed by atoms with Crippen molar-refractivity contribution in [1.82, 2.24) is 4.57 Å². The Bertz CT molecular complexity index is 442. The van der Waals surface area contributed by atoms with E-state index in [1.54, 1.807) is 6.08 Å². The number of rotatable bonds is 4. The molecular formula is C11H13NO2. The number of nitrogens with zero attached hydrogens (tertiary/aromatic N) is 1. The second-order valence-electron chi connectivity index (χ2n) is 2.97. The van der Waals surface area contributed by atoms with Gasteiger partial charge in [0.05, 0.1) is 6.42 Å². The topological polar surface area (TPSA) is 42.2 Å². The highest BCUT2D eigenvalue weighted by atomic mass is 16.4. The van der Waals surface area contributed by atoms with E-state index < -0.39 is 5.97 Å². The van der Waals surface area contributed by atoms with E-state index in [4.69, 9.17) is 5.11 Å². The summed E-state index contributed by atoms with van der Waals surface area (Å²) in [6, 6.07) is 1.86. The fraction of sp³-hybridized carbons (Fsp3) is 0.182. The number of aromatic nitrogens is 1. The smallest absolute Gasteiger partial charge is 0.305 e. The average molecular weight is 191 g/mol. The standard InChI is InChI=1S/C11H13NO2/c1-3-4-10-9(2)5-7-12(10)8-6-11(13)14/h3-5,7H,1-2,6,8H2,(H,13,14)/b10-4+. The first-order chi connectivity index (χ1) is 6.65. The lowest BCUT2D eigenvalue weighted by Crippen LogP contribution is -2.28. The Balaban J connectivity index is 2.98. The van der Waals surface area contributed by atoms with Gasteiger partial charge in [0, 0.05) is 18.1 Å². The van der Waals surface area contributed by atoms with Crippen LogP contribution < -0.4 is 10.6 Å². The lowest BCUT2D eigenvalue weighted by Gasteiger charge is -1.99. The molecule has 0 aliphatic rings. The summed E-state index contributed by atoms with van der Waals surface area (Å²) in [6.07, 6.45) is 5.44. The van der Waals surface area contributed by atoms with Gasteiger partial charge in [0.25, 0.3) is 0 Å². The molecule has 14 heavy (non-hydrogen) atoms. The van der Waals surface area contributed by atoms with E-state index in [1.165, 1.54) is 0 Å². The first-order valence-corrected chi connectivity index (χ1v) is 4.34. The minimum Gasteiger partial charge on any atom is -0.481 e. The van der Waals surface area contributed by atoms with Crippen LogP contribution >= 0.6 is 0 Å². The molecule has 0 amide bonds. The van der Waals surface area contributed by atoms with Gasteiger partial charge >= 0.3 is 5.97 Å². The van der Waals surface area contributed by atoms with Crippen molar-refractivity contribution in [3.8, 4) is 0 Å². The molecule has 0 aromatic carbocycles. The summed E-state index contributed by atoms with van der Waals surface area (Å²) in [5.74, 6) is -0.797. The molecule has 0 aliphatic heterocycles. The average Bonchev–Trinajstić information content (AvgIpc) is 2.46. The molecule has 0 saturated carbocycles. The molecule has 0 aliphatic carbocycles. The lowest BCUT2D eigenvalue weighted by molar-refractivity contribution is -0.137. The predicted octanol–water partition coefficient (Wildman–Crippen LogP) is 0.340. The van der Waals surface area contributed by atoms with Crippen molar-refractivity contribution in [3.63, 3.8) is 0 Å². The first-order valence-electron chi connectivity index (χ1n) is 4.34. The number of aryl methyl sites for hydroxylation is 1. The highest BCUT2D eigenvalue weighted by molar-refractivity contribution is 5.66. The van der Waals surface area contributed by atoms with Crippen molar-refractivity contribution in [2.75, 3.05) is 0 Å². The number of allylic oxidation sites excluding steroid dienone is 1. The molecule has 1 heterocycles. The van der Waals surface area contributed by atoms with Gasteiger partial charge in [0.2, 0.25) is 0 Å². The maximum absolute atomic E-state index is 10.4. The number of aliphatic carboxylic acids is 1. The predicted molar refractivity (Wildman–Crippen MR) is 56.1 cm³/mol. The summed E-state index contributed by atoms with van der Waals surface area (Å²) < 4.78 is 1.86. The molecule has 0 bridgehead atoms. The minimum absolute atomic E-state index is 0.117. The van der Waals surface area contributed by atoms with Crippen LogP contribution in [0.15, 0.2) is 24.9 Å². The fourth-order valence-electron chi connectivity index (χ4n) is 1.26. The van der Waals surface area contributed by atoms with Gasteiger partial charge in [0.1, 0.15) is 0 Å². The van der Waals surface area contributed by atoms with Crippen LogP contribution in [0.2, 0.25) is 0 Å². The van der Waals surface area contributed by atoms with Crippen molar-refractivity contribution in [3.05, 3.63) is 35.5 Å². The van der Waals surface area contributed by atoms with Crippen molar-refractivity contribution in [2.45, 2.75) is 13.0 Å². The molecular weight excluding hydrogens is 178 g/mol. The van der Waals surface area contributed by atoms with E-state index in [1.807, 2.05) is 22.9 Å². The van der Waals surface area contributed by atoms with Gasteiger partial charge in [-0.1, -0.05) is 19.2 Å². The van der Waals surface area contributed by atoms with Crippen LogP contribution in [0.5, 0.6) is 0 Å². The molecule has 0 fully saturated rings. The Morgan fingerprint density at radius 1 is 1.64 bits per heavy atom. The van der Waals surface area contributed by atoms with Gasteiger partial charge in [-0.25, -0.2) is 0 Å². The Labute approximate surface area is 82.3 Å². The fourth-order valence-corrected chi connectivity index (χ4v) is 1.26. The highest BCUT2D eigenvalue weighted by Gasteiger charge is 1.98. The van der Waals surface area contributed by atoms with E-state index >= 15 is 0 Å². The molecule has 0 saturated heterocycles. The van der Waals surface area contributed by atoms with Crippen LogP contribution in [0.4, 0.5) is 0 Å². The van der Waals surface area contributed by atoms with E-state index in [-0.39, 0.29) is 6.42 Å². The van der Waals surface area contributed by atoms with Crippen LogP contribution in [0.3, 0.4) is 0 Å². The molecule has 0 spiro atoms. The summed E-state index contributed by atoms with van der Waals surface area (Å²) in [7, 11) is 0. The second kappa shape index (κ2) is 4.46. The summed E-state index contributed by atoms with van der Waals surface area (Å²) in [5.41, 5.74) is 0. The third kappa shape index (κ3) is 2.36. The van der Waals surface area contributed by atoms with E-state index in [9.17, 15) is 4.79 Å². The van der Waals surface area contributed by atoms with Crippen molar-refractivity contribution in [1.29, 1.82) is 0 Å². The number of carboxylic acids is 1. The Morgan fingerprint density at radius 3 is 2.93 bits per heavy atom. The third-order valence-corrected chi connectivity index (χ3v) is 1.94. The number of hydrogen-bond acceptors (Lipinski definition) is 1. The lowest BCUT2D eigenvalue weighted by atomic mass is 10.4. The van der Waals surface area contributed by atoms with Crippen LogP contribution in [-0.4, -0.2) is 15.6 Å². The van der Waals surface area contributed by atoms with E-state index in [0.717, 1.165) is 10.6 Å². The molecule has 1 aromatic heterocycles. The van der Waals surface area contributed by atoms with Gasteiger partial charge in [0.15, 0.2) is 0 Å². The van der Waals surface area contributed by atoms with Crippen LogP contribution in [0.1, 0.15) is 6.42 Å². The van der Waals surface area contributed by atoms with Gasteiger partial charge in [-0.2, -0.15) is 0 Å². The number of carboxylic acid groups (broad SMARTS) is 1. The Kier molecular flexibility index (Phi) is 3.29. The van der Waals surface area contributed by atoms with Crippen LogP contribution in [0, 0.1) is 0 Å². The summed E-state index contributed by atoms with van der Waals surface area (Å²) in [4.78, 5) is 10.4. The summed E-state index contributed by atoms with van der Waals surface area (Å²) in [5, 5.41) is 10.3. The monoisotopic (exact) mass is 191 g/mol. The zero-order chi connectivity index (χ0) is 10.6. The van der Waals surface area contributed by atoms with E-state index in [2.05, 4.69) is 13.2 Å². The maximum Gasteiger partial charge on any atom is 0.305 e. The molecule has 1 aromatic rings. The van der Waals surface area contributed by atoms with Crippen molar-refractivity contribution >= 4 is 18.6 Å². The molecule has 0 unspecified atom stereocenters. The van der Waals surface area contributed by atoms with Crippen LogP contribution in [-0.2, 0) is 11.3 Å². The Morgan fingerprint density at radius 2 is 2.36 bits per heavy atom. The summed E-state index contributed by atoms with van der Waals surface area (Å²) >= 11 is 0. The van der Waals surface area contributed by atoms with Gasteiger partial charge in [-0.3, -0.25) is 4.79 Å². The zero-order valence-corrected chi connectivity index (χ0v) is 7.94. The largest absolute Gasteiger partial charge is 0.481 e. The molecule has 1 N–H and O–H groups in total. The zero-order valence-electron chi connectivity index (χ0n) is 7.94. The number of carbonyl (C=O) groups is 1. The summed E-state index contributed by atoms with van der Waals surface area (Å²) in [6.45, 7) is 7.90. The van der Waals surface area contributed by atoms with E-state index in [0.29, 0.717) is 6.54 Å². The van der Waals surface area contributed by atoms with Gasteiger partial charge in [-0.05, 0) is 17.4 Å². The third-order valence-electron chi connectivity index (χ3n) is 1.94. The van der Waals surface area contributed by atoms with Gasteiger partial charge < -0.3 is 9.67 Å². The second-order valence-corrected chi connectivity index (χ2v) is 2.97. The SMILES string of the molecule is C=C/C=c1\c(=C)ccn1CCC(=O)O. The first kappa shape index (κ1) is 10.3. The van der Waals surface area contributed by atoms with Crippen molar-refractivity contribution < 1.29 is 9.90 Å². The number of hydrogen-bond donors (Lipinski definition) is 1. The highest BCUT2D eigenvalue weighted by Crippen LogP contribution is 1.85. The van der Waals surface area contributed by atoms with Crippen molar-refractivity contribution in [2.24, 2.45) is 0 Å². The molecule has 74 valence electrons.